The number of carbonyl (C=O) groups is 2. The summed E-state index contributed by atoms with van der Waals surface area (Å²) in [7, 11) is 3.45. The van der Waals surface area contributed by atoms with Crippen molar-refractivity contribution in [1.82, 2.24) is 20.0 Å². The van der Waals surface area contributed by atoms with E-state index in [0.717, 1.165) is 24.1 Å². The van der Waals surface area contributed by atoms with Crippen molar-refractivity contribution < 1.29 is 14.0 Å². The third kappa shape index (κ3) is 3.92. The van der Waals surface area contributed by atoms with Crippen LogP contribution in [0, 0.1) is 5.82 Å². The summed E-state index contributed by atoms with van der Waals surface area (Å²) in [4.78, 5) is 27.2. The fourth-order valence-corrected chi connectivity index (χ4v) is 3.25. The normalized spacial score (nSPS) is 17.0. The van der Waals surface area contributed by atoms with Crippen LogP contribution < -0.4 is 0 Å². The van der Waals surface area contributed by atoms with Crippen LogP contribution in [0.5, 0.6) is 0 Å². The van der Waals surface area contributed by atoms with Crippen molar-refractivity contribution in [3.63, 3.8) is 0 Å². The lowest BCUT2D eigenvalue weighted by molar-refractivity contribution is -0.139. The van der Waals surface area contributed by atoms with Gasteiger partial charge in [0.2, 0.25) is 11.8 Å². The molecule has 1 aliphatic rings. The lowest BCUT2D eigenvalue weighted by atomic mass is 10.1. The molecule has 1 aromatic carbocycles. The smallest absolute Gasteiger partial charge is 0.245 e. The molecule has 0 bridgehead atoms. The van der Waals surface area contributed by atoms with Crippen molar-refractivity contribution in [3.8, 4) is 11.3 Å². The first-order valence-electron chi connectivity index (χ1n) is 8.76. The van der Waals surface area contributed by atoms with Crippen molar-refractivity contribution >= 4 is 11.8 Å². The number of likely N-dealkylation sites (tertiary alicyclic amines) is 1. The van der Waals surface area contributed by atoms with Crippen LogP contribution in [-0.2, 0) is 16.0 Å². The number of rotatable bonds is 6. The third-order valence-corrected chi connectivity index (χ3v) is 4.84. The largest absolute Gasteiger partial charge is 0.344 e. The molecular weight excluding hydrogens is 335 g/mol. The monoisotopic (exact) mass is 358 g/mol. The molecule has 1 N–H and O–H groups in total. The molecule has 1 aliphatic heterocycles. The number of carbonyl (C=O) groups excluding carboxylic acids is 2. The van der Waals surface area contributed by atoms with Gasteiger partial charge in [-0.15, -0.1) is 0 Å². The van der Waals surface area contributed by atoms with E-state index in [0.29, 0.717) is 25.1 Å². The Morgan fingerprint density at radius 3 is 2.92 bits per heavy atom. The quantitative estimate of drug-likeness (QED) is 0.861. The van der Waals surface area contributed by atoms with Gasteiger partial charge < -0.3 is 9.80 Å². The van der Waals surface area contributed by atoms with Crippen LogP contribution in [-0.4, -0.2) is 58.5 Å². The van der Waals surface area contributed by atoms with E-state index < -0.39 is 0 Å². The predicted octanol–water partition coefficient (Wildman–Crippen LogP) is 2.23. The topological polar surface area (TPSA) is 69.3 Å². The number of halogens is 1. The second-order valence-corrected chi connectivity index (χ2v) is 6.71. The molecule has 1 saturated heterocycles. The lowest BCUT2D eigenvalue weighted by Crippen LogP contribution is -2.43. The first kappa shape index (κ1) is 18.1. The SMILES string of the molecule is CN(CCCc1cc(-c2cccc(F)c2)n[nH]1)C(=O)C1CCC(=O)N1C. The molecule has 0 radical (unpaired) electrons. The molecule has 0 spiro atoms. The Morgan fingerprint density at radius 2 is 2.23 bits per heavy atom. The standard InChI is InChI=1S/C19H23FN4O2/c1-23(19(26)17-8-9-18(25)24(17)2)10-4-7-15-12-16(22-21-15)13-5-3-6-14(20)11-13/h3,5-6,11-12,17H,4,7-10H2,1-2H3,(H,21,22). The molecule has 1 fully saturated rings. The van der Waals surface area contributed by atoms with Gasteiger partial charge in [-0.05, 0) is 37.5 Å². The van der Waals surface area contributed by atoms with Gasteiger partial charge in [-0.25, -0.2) is 4.39 Å². The Balaban J connectivity index is 1.51. The van der Waals surface area contributed by atoms with Gasteiger partial charge in [0.25, 0.3) is 0 Å². The molecular formula is C19H23FN4O2. The van der Waals surface area contributed by atoms with Gasteiger partial charge in [-0.3, -0.25) is 14.7 Å². The molecule has 1 aromatic heterocycles. The molecule has 3 rings (SSSR count). The number of aromatic nitrogens is 2. The Morgan fingerprint density at radius 1 is 1.42 bits per heavy atom. The summed E-state index contributed by atoms with van der Waals surface area (Å²) in [5.74, 6) is -0.273. The summed E-state index contributed by atoms with van der Waals surface area (Å²) in [6.45, 7) is 0.603. The fraction of sp³-hybridized carbons (Fsp3) is 0.421. The number of amides is 2. The molecule has 6 nitrogen and oxygen atoms in total. The van der Waals surface area contributed by atoms with E-state index in [-0.39, 0.29) is 23.7 Å². The maximum atomic E-state index is 13.3. The van der Waals surface area contributed by atoms with E-state index in [2.05, 4.69) is 10.2 Å². The van der Waals surface area contributed by atoms with Crippen molar-refractivity contribution in [2.75, 3.05) is 20.6 Å². The van der Waals surface area contributed by atoms with Crippen molar-refractivity contribution in [1.29, 1.82) is 0 Å². The lowest BCUT2D eigenvalue weighted by Gasteiger charge is -2.25. The zero-order valence-corrected chi connectivity index (χ0v) is 15.0. The van der Waals surface area contributed by atoms with E-state index in [1.165, 1.54) is 12.1 Å². The van der Waals surface area contributed by atoms with Gasteiger partial charge >= 0.3 is 0 Å². The number of benzene rings is 1. The number of nitrogens with one attached hydrogen (secondary N) is 1. The summed E-state index contributed by atoms with van der Waals surface area (Å²) in [6, 6.07) is 7.89. The summed E-state index contributed by atoms with van der Waals surface area (Å²) in [5.41, 5.74) is 2.38. The Labute approximate surface area is 152 Å². The highest BCUT2D eigenvalue weighted by Gasteiger charge is 2.34. The van der Waals surface area contributed by atoms with Gasteiger partial charge in [-0.1, -0.05) is 12.1 Å². The van der Waals surface area contributed by atoms with Crippen LogP contribution in [0.15, 0.2) is 30.3 Å². The number of aromatic amines is 1. The average molecular weight is 358 g/mol. The molecule has 2 heterocycles. The van der Waals surface area contributed by atoms with Crippen molar-refractivity contribution in [2.45, 2.75) is 31.7 Å². The number of hydrogen-bond donors (Lipinski definition) is 1. The molecule has 0 aliphatic carbocycles. The highest BCUT2D eigenvalue weighted by atomic mass is 19.1. The highest BCUT2D eigenvalue weighted by molar-refractivity contribution is 5.90. The Bertz CT molecular complexity index is 804. The first-order valence-corrected chi connectivity index (χ1v) is 8.76. The molecule has 26 heavy (non-hydrogen) atoms. The van der Waals surface area contributed by atoms with E-state index in [1.54, 1.807) is 30.0 Å². The van der Waals surface area contributed by atoms with Gasteiger partial charge in [0, 0.05) is 38.3 Å². The summed E-state index contributed by atoms with van der Waals surface area (Å²) >= 11 is 0. The number of nitrogens with zero attached hydrogens (tertiary/aromatic N) is 3. The first-order chi connectivity index (χ1) is 12.5. The van der Waals surface area contributed by atoms with Crippen LogP contribution in [0.3, 0.4) is 0 Å². The summed E-state index contributed by atoms with van der Waals surface area (Å²) in [6.07, 6.45) is 2.55. The zero-order chi connectivity index (χ0) is 18.7. The van der Waals surface area contributed by atoms with Crippen molar-refractivity contribution in [3.05, 3.63) is 41.8 Å². The molecule has 2 amide bonds. The Kier molecular flexibility index (Phi) is 5.35. The second-order valence-electron chi connectivity index (χ2n) is 6.71. The fourth-order valence-electron chi connectivity index (χ4n) is 3.25. The van der Waals surface area contributed by atoms with Crippen LogP contribution >= 0.6 is 0 Å². The van der Waals surface area contributed by atoms with E-state index >= 15 is 0 Å². The molecule has 0 saturated carbocycles. The van der Waals surface area contributed by atoms with Gasteiger partial charge in [0.05, 0.1) is 5.69 Å². The van der Waals surface area contributed by atoms with Crippen molar-refractivity contribution in [2.24, 2.45) is 0 Å². The molecule has 2 aromatic rings. The molecule has 7 heteroatoms. The van der Waals surface area contributed by atoms with Gasteiger partial charge in [0.15, 0.2) is 0 Å². The van der Waals surface area contributed by atoms with Crippen LogP contribution in [0.25, 0.3) is 11.3 Å². The number of likely N-dealkylation sites (N-methyl/N-ethyl adjacent to an activating group) is 2. The van der Waals surface area contributed by atoms with E-state index in [4.69, 9.17) is 0 Å². The number of H-pyrrole nitrogens is 1. The predicted molar refractivity (Wildman–Crippen MR) is 95.7 cm³/mol. The molecule has 138 valence electrons. The number of aryl methyl sites for hydroxylation is 1. The average Bonchev–Trinajstić information content (AvgIpc) is 3.22. The van der Waals surface area contributed by atoms with Gasteiger partial charge in [0.1, 0.15) is 11.9 Å². The van der Waals surface area contributed by atoms with E-state index in [9.17, 15) is 14.0 Å². The zero-order valence-electron chi connectivity index (χ0n) is 15.0. The third-order valence-electron chi connectivity index (χ3n) is 4.84. The molecule has 1 atom stereocenters. The minimum Gasteiger partial charge on any atom is -0.344 e. The molecule has 1 unspecified atom stereocenters. The van der Waals surface area contributed by atoms with Crippen LogP contribution in [0.4, 0.5) is 4.39 Å². The Hall–Kier alpha value is -2.70. The van der Waals surface area contributed by atoms with Crippen LogP contribution in [0.2, 0.25) is 0 Å². The second kappa shape index (κ2) is 7.68. The summed E-state index contributed by atoms with van der Waals surface area (Å²) in [5, 5.41) is 7.19. The number of hydrogen-bond acceptors (Lipinski definition) is 3. The highest BCUT2D eigenvalue weighted by Crippen LogP contribution is 2.20. The maximum absolute atomic E-state index is 13.3. The minimum atomic E-state index is -0.334. The van der Waals surface area contributed by atoms with Gasteiger partial charge in [-0.2, -0.15) is 5.10 Å². The van der Waals surface area contributed by atoms with Crippen LogP contribution in [0.1, 0.15) is 25.0 Å². The summed E-state index contributed by atoms with van der Waals surface area (Å²) < 4.78 is 13.3. The van der Waals surface area contributed by atoms with E-state index in [1.807, 2.05) is 12.1 Å². The maximum Gasteiger partial charge on any atom is 0.245 e. The minimum absolute atomic E-state index is 0.0107.